The van der Waals surface area contributed by atoms with Gasteiger partial charge in [-0.05, 0) is 36.8 Å². The number of fused-ring (bicyclic) bond motifs is 1. The van der Waals surface area contributed by atoms with E-state index in [0.29, 0.717) is 21.7 Å². The maximum absolute atomic E-state index is 13.1. The summed E-state index contributed by atoms with van der Waals surface area (Å²) in [7, 11) is 1.57. The molecule has 0 spiro atoms. The van der Waals surface area contributed by atoms with Crippen molar-refractivity contribution in [1.82, 2.24) is 9.55 Å². The van der Waals surface area contributed by atoms with E-state index in [-0.39, 0.29) is 18.5 Å². The van der Waals surface area contributed by atoms with Crippen LogP contribution in [0.1, 0.15) is 12.0 Å². The van der Waals surface area contributed by atoms with Crippen LogP contribution in [0.4, 0.5) is 0 Å². The number of nitrogens with zero attached hydrogens (tertiary/aromatic N) is 2. The van der Waals surface area contributed by atoms with Crippen LogP contribution in [0.5, 0.6) is 11.5 Å². The van der Waals surface area contributed by atoms with E-state index in [1.165, 1.54) is 22.2 Å². The van der Waals surface area contributed by atoms with Crippen LogP contribution in [0.15, 0.2) is 65.0 Å². The van der Waals surface area contributed by atoms with Crippen LogP contribution >= 0.6 is 11.3 Å². The van der Waals surface area contributed by atoms with Crippen molar-refractivity contribution in [2.45, 2.75) is 19.9 Å². The molecule has 0 saturated heterocycles. The Hall–Kier alpha value is -3.45. The molecule has 0 unspecified atom stereocenters. The molecule has 4 aromatic rings. The van der Waals surface area contributed by atoms with Gasteiger partial charge in [-0.3, -0.25) is 14.2 Å². The van der Waals surface area contributed by atoms with Gasteiger partial charge in [0.25, 0.3) is 5.56 Å². The fourth-order valence-electron chi connectivity index (χ4n) is 3.11. The predicted octanol–water partition coefficient (Wildman–Crippen LogP) is 4.44. The second-order valence-corrected chi connectivity index (χ2v) is 7.70. The molecule has 0 radical (unpaired) electrons. The molecule has 0 N–H and O–H groups in total. The van der Waals surface area contributed by atoms with Crippen molar-refractivity contribution in [3.05, 3.63) is 76.2 Å². The van der Waals surface area contributed by atoms with Gasteiger partial charge in [-0.25, -0.2) is 4.98 Å². The molecule has 0 aliphatic heterocycles. The second-order valence-electron chi connectivity index (χ2n) is 6.84. The van der Waals surface area contributed by atoms with Crippen molar-refractivity contribution in [1.29, 1.82) is 0 Å². The molecule has 0 amide bonds. The molecule has 30 heavy (non-hydrogen) atoms. The molecule has 0 atom stereocenters. The lowest BCUT2D eigenvalue weighted by Crippen LogP contribution is -2.23. The van der Waals surface area contributed by atoms with E-state index in [1.807, 2.05) is 36.6 Å². The normalized spacial score (nSPS) is 10.9. The summed E-state index contributed by atoms with van der Waals surface area (Å²) in [5.74, 6) is 0.693. The highest BCUT2D eigenvalue weighted by Crippen LogP contribution is 2.30. The molecular weight excluding hydrogens is 400 g/mol. The van der Waals surface area contributed by atoms with Crippen LogP contribution in [0.3, 0.4) is 0 Å². The molecule has 152 valence electrons. The highest BCUT2D eigenvalue weighted by Gasteiger charge is 2.14. The van der Waals surface area contributed by atoms with Crippen LogP contribution in [0.2, 0.25) is 0 Å². The zero-order valence-corrected chi connectivity index (χ0v) is 17.4. The number of esters is 1. The molecule has 0 aliphatic rings. The minimum atomic E-state index is -0.420. The molecule has 0 bridgehead atoms. The summed E-state index contributed by atoms with van der Waals surface area (Å²) < 4.78 is 11.9. The topological polar surface area (TPSA) is 70.4 Å². The van der Waals surface area contributed by atoms with Gasteiger partial charge in [0.2, 0.25) is 0 Å². The van der Waals surface area contributed by atoms with Crippen LogP contribution in [-0.2, 0) is 11.3 Å². The Labute approximate surface area is 177 Å². The van der Waals surface area contributed by atoms with E-state index in [1.54, 1.807) is 31.4 Å². The lowest BCUT2D eigenvalue weighted by molar-refractivity contribution is -0.134. The Morgan fingerprint density at radius 1 is 1.07 bits per heavy atom. The quantitative estimate of drug-likeness (QED) is 0.341. The molecule has 2 heterocycles. The fraction of sp³-hybridized carbons (Fsp3) is 0.174. The van der Waals surface area contributed by atoms with Crippen molar-refractivity contribution in [3.63, 3.8) is 0 Å². The van der Waals surface area contributed by atoms with E-state index in [0.717, 1.165) is 16.7 Å². The van der Waals surface area contributed by atoms with Crippen LogP contribution in [0.25, 0.3) is 21.3 Å². The lowest BCUT2D eigenvalue weighted by atomic mass is 10.1. The molecule has 0 aliphatic carbocycles. The van der Waals surface area contributed by atoms with Gasteiger partial charge in [0.05, 0.1) is 25.2 Å². The van der Waals surface area contributed by atoms with Crippen molar-refractivity contribution in [2.24, 2.45) is 0 Å². The summed E-state index contributed by atoms with van der Waals surface area (Å²) in [6, 6.07) is 14.8. The van der Waals surface area contributed by atoms with Crippen molar-refractivity contribution < 1.29 is 14.3 Å². The van der Waals surface area contributed by atoms with E-state index < -0.39 is 5.97 Å². The summed E-state index contributed by atoms with van der Waals surface area (Å²) in [5.41, 5.74) is 2.84. The number of ether oxygens (including phenoxy) is 2. The van der Waals surface area contributed by atoms with Gasteiger partial charge in [0.15, 0.2) is 0 Å². The number of hydrogen-bond acceptors (Lipinski definition) is 6. The number of benzene rings is 2. The first-order chi connectivity index (χ1) is 14.5. The van der Waals surface area contributed by atoms with Gasteiger partial charge in [-0.2, -0.15) is 0 Å². The molecule has 7 heteroatoms. The van der Waals surface area contributed by atoms with Gasteiger partial charge in [-0.1, -0.05) is 29.8 Å². The van der Waals surface area contributed by atoms with Gasteiger partial charge in [-0.15, -0.1) is 11.3 Å². The van der Waals surface area contributed by atoms with Gasteiger partial charge >= 0.3 is 5.97 Å². The number of rotatable bonds is 6. The third kappa shape index (κ3) is 4.11. The summed E-state index contributed by atoms with van der Waals surface area (Å²) in [5, 5.41) is 2.53. The highest BCUT2D eigenvalue weighted by molar-refractivity contribution is 7.17. The van der Waals surface area contributed by atoms with E-state index in [2.05, 4.69) is 4.98 Å². The zero-order valence-electron chi connectivity index (χ0n) is 16.6. The summed E-state index contributed by atoms with van der Waals surface area (Å²) in [4.78, 5) is 30.3. The zero-order chi connectivity index (χ0) is 21.1. The summed E-state index contributed by atoms with van der Waals surface area (Å²) >= 11 is 1.44. The number of aryl methyl sites for hydroxylation is 2. The molecule has 0 fully saturated rings. The molecule has 4 rings (SSSR count). The number of thiophene rings is 1. The number of aromatic nitrogens is 2. The van der Waals surface area contributed by atoms with Crippen LogP contribution in [0, 0.1) is 6.92 Å². The van der Waals surface area contributed by atoms with E-state index in [4.69, 9.17) is 9.47 Å². The van der Waals surface area contributed by atoms with Crippen LogP contribution in [-0.4, -0.2) is 22.6 Å². The molecule has 6 nitrogen and oxygen atoms in total. The first-order valence-corrected chi connectivity index (χ1v) is 10.3. The Bertz CT molecular complexity index is 1240. The van der Waals surface area contributed by atoms with Crippen molar-refractivity contribution in [2.75, 3.05) is 7.11 Å². The first-order valence-electron chi connectivity index (χ1n) is 9.43. The number of carbonyl (C=O) groups excluding carboxylic acids is 1. The largest absolute Gasteiger partial charge is 0.497 e. The fourth-order valence-corrected chi connectivity index (χ4v) is 4.02. The van der Waals surface area contributed by atoms with Crippen LogP contribution < -0.4 is 15.0 Å². The summed E-state index contributed by atoms with van der Waals surface area (Å²) in [6.45, 7) is 2.22. The van der Waals surface area contributed by atoms with E-state index in [9.17, 15) is 9.59 Å². The highest BCUT2D eigenvalue weighted by atomic mass is 32.1. The molecule has 2 aromatic carbocycles. The smallest absolute Gasteiger partial charge is 0.312 e. The standard InChI is InChI=1S/C23H20N2O4S/c1-15-3-5-16(6-4-15)19-13-30-22-21(19)23(27)25(14-24-22)12-11-20(26)29-18-9-7-17(28-2)8-10-18/h3-10,13-14H,11-12H2,1-2H3. The Balaban J connectivity index is 1.52. The van der Waals surface area contributed by atoms with Gasteiger partial charge in [0.1, 0.15) is 16.3 Å². The Morgan fingerprint density at radius 2 is 1.77 bits per heavy atom. The minimum absolute atomic E-state index is 0.0587. The Kier molecular flexibility index (Phi) is 5.63. The van der Waals surface area contributed by atoms with Crippen molar-refractivity contribution in [3.8, 4) is 22.6 Å². The number of carbonyl (C=O) groups is 1. The SMILES string of the molecule is COc1ccc(OC(=O)CCn2cnc3scc(-c4ccc(C)cc4)c3c2=O)cc1. The average Bonchev–Trinajstić information content (AvgIpc) is 3.19. The van der Waals surface area contributed by atoms with Gasteiger partial charge in [0, 0.05) is 17.5 Å². The maximum Gasteiger partial charge on any atom is 0.312 e. The monoisotopic (exact) mass is 420 g/mol. The predicted molar refractivity (Wildman–Crippen MR) is 117 cm³/mol. The number of methoxy groups -OCH3 is 1. The molecule has 0 saturated carbocycles. The minimum Gasteiger partial charge on any atom is -0.497 e. The first kappa shape index (κ1) is 19.8. The second kappa shape index (κ2) is 8.51. The molecule has 2 aromatic heterocycles. The number of hydrogen-bond donors (Lipinski definition) is 0. The third-order valence-corrected chi connectivity index (χ3v) is 5.66. The lowest BCUT2D eigenvalue weighted by Gasteiger charge is -2.08. The molecular formula is C23H20N2O4S. The summed E-state index contributed by atoms with van der Waals surface area (Å²) in [6.07, 6.45) is 1.55. The third-order valence-electron chi connectivity index (χ3n) is 4.77. The van der Waals surface area contributed by atoms with Crippen molar-refractivity contribution >= 4 is 27.5 Å². The van der Waals surface area contributed by atoms with Gasteiger partial charge < -0.3 is 9.47 Å². The maximum atomic E-state index is 13.1. The Morgan fingerprint density at radius 3 is 2.47 bits per heavy atom. The average molecular weight is 420 g/mol. The van der Waals surface area contributed by atoms with E-state index >= 15 is 0 Å².